The lowest BCUT2D eigenvalue weighted by molar-refractivity contribution is -0.137. The summed E-state index contributed by atoms with van der Waals surface area (Å²) in [6.45, 7) is 12.0. The SMILES string of the molecule is Cc1cc(-c2[nH]c3ccc(C(C)C(=O)N(C)C4CN5CCC4CC5)cc3c2C(C)C)ccn1. The number of H-pyrrole nitrogens is 1. The number of rotatable bonds is 5. The average Bonchev–Trinajstić information content (AvgIpc) is 3.22. The molecule has 1 N–H and O–H groups in total. The van der Waals surface area contributed by atoms with E-state index in [0.717, 1.165) is 34.6 Å². The summed E-state index contributed by atoms with van der Waals surface area (Å²) >= 11 is 0. The molecule has 0 saturated carbocycles. The van der Waals surface area contributed by atoms with Crippen molar-refractivity contribution >= 4 is 16.8 Å². The minimum absolute atomic E-state index is 0.156. The van der Waals surface area contributed by atoms with Crippen LogP contribution in [0.1, 0.15) is 62.3 Å². The highest BCUT2D eigenvalue weighted by Gasteiger charge is 2.38. The maximum Gasteiger partial charge on any atom is 0.229 e. The third-order valence-electron chi connectivity index (χ3n) is 7.96. The number of likely N-dealkylation sites (N-methyl/N-ethyl adjacent to an activating group) is 1. The highest BCUT2D eigenvalue weighted by molar-refractivity contribution is 5.93. The monoisotopic (exact) mass is 444 g/mol. The van der Waals surface area contributed by atoms with Crippen LogP contribution in [0.2, 0.25) is 0 Å². The quantitative estimate of drug-likeness (QED) is 0.580. The van der Waals surface area contributed by atoms with Gasteiger partial charge in [0, 0.05) is 48.0 Å². The van der Waals surface area contributed by atoms with Crippen LogP contribution in [-0.4, -0.2) is 58.4 Å². The van der Waals surface area contributed by atoms with Crippen LogP contribution in [-0.2, 0) is 4.79 Å². The minimum Gasteiger partial charge on any atom is -0.354 e. The van der Waals surface area contributed by atoms with Crippen LogP contribution in [0.3, 0.4) is 0 Å². The molecule has 0 radical (unpaired) electrons. The number of hydrogen-bond donors (Lipinski definition) is 1. The van der Waals surface area contributed by atoms with Crippen molar-refractivity contribution in [2.45, 2.75) is 58.4 Å². The topological polar surface area (TPSA) is 52.2 Å². The van der Waals surface area contributed by atoms with Crippen molar-refractivity contribution in [3.05, 3.63) is 53.3 Å². The fraction of sp³-hybridized carbons (Fsp3) is 0.500. The van der Waals surface area contributed by atoms with E-state index >= 15 is 0 Å². The van der Waals surface area contributed by atoms with Crippen molar-refractivity contribution in [3.8, 4) is 11.3 Å². The molecule has 3 saturated heterocycles. The third-order valence-corrected chi connectivity index (χ3v) is 7.96. The molecule has 2 atom stereocenters. The summed E-state index contributed by atoms with van der Waals surface area (Å²) in [6, 6.07) is 11.1. The molecular weight excluding hydrogens is 408 g/mol. The number of aryl methyl sites for hydroxylation is 1. The zero-order chi connectivity index (χ0) is 23.3. The molecule has 5 nitrogen and oxygen atoms in total. The number of fused-ring (bicyclic) bond motifs is 4. The van der Waals surface area contributed by atoms with Gasteiger partial charge >= 0.3 is 0 Å². The number of carbonyl (C=O) groups is 1. The van der Waals surface area contributed by atoms with Crippen molar-refractivity contribution in [1.82, 2.24) is 19.8 Å². The van der Waals surface area contributed by atoms with Gasteiger partial charge in [0.15, 0.2) is 0 Å². The Bertz CT molecular complexity index is 1170. The second kappa shape index (κ2) is 8.60. The van der Waals surface area contributed by atoms with Gasteiger partial charge in [-0.25, -0.2) is 0 Å². The number of aromatic nitrogens is 2. The van der Waals surface area contributed by atoms with E-state index in [1.165, 1.54) is 36.9 Å². The lowest BCUT2D eigenvalue weighted by Crippen LogP contribution is -2.58. The fourth-order valence-corrected chi connectivity index (χ4v) is 6.01. The standard InChI is InChI=1S/C28H36N4O/c1-17(2)26-23-15-21(6-7-24(23)30-27(26)22-8-11-29-18(3)14-22)19(4)28(33)31(5)25-16-32-12-9-20(25)10-13-32/h6-8,11,14-15,17,19-20,25,30H,9-10,12-13,16H2,1-5H3. The van der Waals surface area contributed by atoms with Crippen LogP contribution in [0.25, 0.3) is 22.2 Å². The largest absolute Gasteiger partial charge is 0.354 e. The Labute approximate surface area is 197 Å². The lowest BCUT2D eigenvalue weighted by atomic mass is 9.82. The number of benzene rings is 1. The van der Waals surface area contributed by atoms with E-state index in [1.54, 1.807) is 0 Å². The number of nitrogens with zero attached hydrogens (tertiary/aromatic N) is 3. The van der Waals surface area contributed by atoms with Gasteiger partial charge in [-0.1, -0.05) is 19.9 Å². The summed E-state index contributed by atoms with van der Waals surface area (Å²) in [5, 5.41) is 1.22. The van der Waals surface area contributed by atoms with Gasteiger partial charge in [0.1, 0.15) is 0 Å². The van der Waals surface area contributed by atoms with E-state index in [4.69, 9.17) is 0 Å². The van der Waals surface area contributed by atoms with Gasteiger partial charge in [-0.3, -0.25) is 9.78 Å². The van der Waals surface area contributed by atoms with E-state index in [1.807, 2.05) is 20.2 Å². The Kier molecular flexibility index (Phi) is 5.77. The highest BCUT2D eigenvalue weighted by Crippen LogP contribution is 2.37. The summed E-state index contributed by atoms with van der Waals surface area (Å²) in [7, 11) is 2.02. The van der Waals surface area contributed by atoms with Gasteiger partial charge in [0.05, 0.1) is 11.6 Å². The molecule has 0 aliphatic carbocycles. The van der Waals surface area contributed by atoms with E-state index in [9.17, 15) is 4.79 Å². The summed E-state index contributed by atoms with van der Waals surface area (Å²) in [6.07, 6.45) is 4.32. The van der Waals surface area contributed by atoms with E-state index < -0.39 is 0 Å². The number of piperidine rings is 3. The zero-order valence-corrected chi connectivity index (χ0v) is 20.6. The summed E-state index contributed by atoms with van der Waals surface area (Å²) in [5.74, 6) is 1.09. The molecule has 3 aromatic rings. The van der Waals surface area contributed by atoms with E-state index in [0.29, 0.717) is 17.9 Å². The molecule has 2 bridgehead atoms. The molecule has 174 valence electrons. The third kappa shape index (κ3) is 3.97. The van der Waals surface area contributed by atoms with Gasteiger partial charge < -0.3 is 14.8 Å². The molecule has 1 aromatic carbocycles. The Morgan fingerprint density at radius 1 is 1.15 bits per heavy atom. The van der Waals surface area contributed by atoms with Gasteiger partial charge in [0.2, 0.25) is 5.91 Å². The van der Waals surface area contributed by atoms with Crippen molar-refractivity contribution in [2.75, 3.05) is 26.7 Å². The molecule has 33 heavy (non-hydrogen) atoms. The van der Waals surface area contributed by atoms with Gasteiger partial charge in [-0.15, -0.1) is 0 Å². The number of pyridine rings is 1. The van der Waals surface area contributed by atoms with E-state index in [-0.39, 0.29) is 11.8 Å². The Balaban J connectivity index is 1.47. The van der Waals surface area contributed by atoms with Crippen molar-refractivity contribution in [3.63, 3.8) is 0 Å². The summed E-state index contributed by atoms with van der Waals surface area (Å²) in [5.41, 5.74) is 6.86. The van der Waals surface area contributed by atoms with Gasteiger partial charge in [-0.05, 0) is 87.0 Å². The Hall–Kier alpha value is -2.66. The molecule has 3 aliphatic rings. The van der Waals surface area contributed by atoms with Gasteiger partial charge in [-0.2, -0.15) is 0 Å². The first-order chi connectivity index (χ1) is 15.8. The van der Waals surface area contributed by atoms with Crippen LogP contribution in [0.15, 0.2) is 36.5 Å². The number of amides is 1. The number of carbonyl (C=O) groups excluding carboxylic acids is 1. The average molecular weight is 445 g/mol. The molecule has 2 aromatic heterocycles. The smallest absolute Gasteiger partial charge is 0.229 e. The van der Waals surface area contributed by atoms with Crippen LogP contribution in [0.4, 0.5) is 0 Å². The molecule has 5 heteroatoms. The first kappa shape index (κ1) is 22.1. The fourth-order valence-electron chi connectivity index (χ4n) is 6.01. The zero-order valence-electron chi connectivity index (χ0n) is 20.6. The number of nitrogens with one attached hydrogen (secondary N) is 1. The summed E-state index contributed by atoms with van der Waals surface area (Å²) in [4.78, 5) is 26.1. The maximum absolute atomic E-state index is 13.5. The second-order valence-electron chi connectivity index (χ2n) is 10.4. The molecule has 5 heterocycles. The van der Waals surface area contributed by atoms with E-state index in [2.05, 4.69) is 70.9 Å². The molecule has 3 fully saturated rings. The molecular formula is C28H36N4O. The van der Waals surface area contributed by atoms with Gasteiger partial charge in [0.25, 0.3) is 0 Å². The lowest BCUT2D eigenvalue weighted by Gasteiger charge is -2.48. The molecule has 2 unspecified atom stereocenters. The number of aromatic amines is 1. The predicted octanol–water partition coefficient (Wildman–Crippen LogP) is 5.32. The first-order valence-electron chi connectivity index (χ1n) is 12.4. The normalized spacial score (nSPS) is 23.3. The Morgan fingerprint density at radius 2 is 1.91 bits per heavy atom. The molecule has 6 rings (SSSR count). The van der Waals surface area contributed by atoms with Crippen molar-refractivity contribution < 1.29 is 4.79 Å². The van der Waals surface area contributed by atoms with Crippen LogP contribution in [0, 0.1) is 12.8 Å². The van der Waals surface area contributed by atoms with Crippen LogP contribution < -0.4 is 0 Å². The summed E-state index contributed by atoms with van der Waals surface area (Å²) < 4.78 is 0. The highest BCUT2D eigenvalue weighted by atomic mass is 16.2. The van der Waals surface area contributed by atoms with Crippen LogP contribution >= 0.6 is 0 Å². The van der Waals surface area contributed by atoms with Crippen molar-refractivity contribution in [2.24, 2.45) is 5.92 Å². The number of hydrogen-bond acceptors (Lipinski definition) is 3. The van der Waals surface area contributed by atoms with Crippen LogP contribution in [0.5, 0.6) is 0 Å². The Morgan fingerprint density at radius 3 is 2.55 bits per heavy atom. The molecule has 0 spiro atoms. The predicted molar refractivity (Wildman–Crippen MR) is 134 cm³/mol. The minimum atomic E-state index is -0.156. The second-order valence-corrected chi connectivity index (χ2v) is 10.4. The first-order valence-corrected chi connectivity index (χ1v) is 12.4. The molecule has 1 amide bonds. The maximum atomic E-state index is 13.5. The van der Waals surface area contributed by atoms with Crippen molar-refractivity contribution in [1.29, 1.82) is 0 Å². The molecule has 3 aliphatic heterocycles.